The third-order valence-corrected chi connectivity index (χ3v) is 4.81. The molecule has 1 unspecified atom stereocenters. The molecule has 0 saturated carbocycles. The minimum atomic E-state index is -0.354. The zero-order valence-corrected chi connectivity index (χ0v) is 14.9. The van der Waals surface area contributed by atoms with E-state index in [1.165, 1.54) is 0 Å². The van der Waals surface area contributed by atoms with Gasteiger partial charge >= 0.3 is 0 Å². The van der Waals surface area contributed by atoms with E-state index in [1.54, 1.807) is 18.3 Å². The average Bonchev–Trinajstić information content (AvgIpc) is 3.29. The second-order valence-electron chi connectivity index (χ2n) is 6.65. The van der Waals surface area contributed by atoms with E-state index in [2.05, 4.69) is 15.3 Å². The summed E-state index contributed by atoms with van der Waals surface area (Å²) in [6, 6.07) is 13.1. The summed E-state index contributed by atoms with van der Waals surface area (Å²) in [7, 11) is 1.62. The first-order valence-corrected chi connectivity index (χ1v) is 8.77. The van der Waals surface area contributed by atoms with Gasteiger partial charge in [-0.15, -0.1) is 0 Å². The molecule has 1 aliphatic rings. The lowest BCUT2D eigenvalue weighted by Gasteiger charge is -2.17. The summed E-state index contributed by atoms with van der Waals surface area (Å²) in [5.41, 5.74) is 3.40. The fourth-order valence-corrected chi connectivity index (χ4v) is 3.31. The number of nitrogens with one attached hydrogen (secondary N) is 2. The molecule has 27 heavy (non-hydrogen) atoms. The second kappa shape index (κ2) is 7.11. The quantitative estimate of drug-likeness (QED) is 0.728. The predicted molar refractivity (Wildman–Crippen MR) is 101 cm³/mol. The van der Waals surface area contributed by atoms with Crippen LogP contribution in [-0.4, -0.2) is 40.3 Å². The molecule has 2 heterocycles. The Labute approximate surface area is 156 Å². The molecule has 2 aromatic carbocycles. The van der Waals surface area contributed by atoms with Crippen molar-refractivity contribution in [2.75, 3.05) is 19.0 Å². The molecule has 0 bridgehead atoms. The number of anilines is 1. The Bertz CT molecular complexity index is 980. The Morgan fingerprint density at radius 3 is 2.89 bits per heavy atom. The number of ether oxygens (including phenoxy) is 1. The third kappa shape index (κ3) is 3.62. The maximum atomic E-state index is 12.6. The van der Waals surface area contributed by atoms with Gasteiger partial charge in [-0.1, -0.05) is 12.1 Å². The lowest BCUT2D eigenvalue weighted by molar-refractivity contribution is -0.128. The van der Waals surface area contributed by atoms with Crippen LogP contribution in [0.15, 0.2) is 48.8 Å². The molecule has 2 N–H and O–H groups in total. The second-order valence-corrected chi connectivity index (χ2v) is 6.65. The van der Waals surface area contributed by atoms with E-state index in [0.29, 0.717) is 18.8 Å². The molecule has 2 amide bonds. The number of likely N-dealkylation sites (tertiary alicyclic amines) is 1. The summed E-state index contributed by atoms with van der Waals surface area (Å²) in [4.78, 5) is 33.8. The number of rotatable bonds is 5. The molecular formula is C20H20N4O3. The van der Waals surface area contributed by atoms with Crippen LogP contribution in [0.4, 0.5) is 5.69 Å². The number of aromatic nitrogens is 2. The van der Waals surface area contributed by atoms with Gasteiger partial charge in [-0.3, -0.25) is 9.59 Å². The van der Waals surface area contributed by atoms with E-state index in [4.69, 9.17) is 4.74 Å². The van der Waals surface area contributed by atoms with Crippen LogP contribution in [0.25, 0.3) is 11.0 Å². The average molecular weight is 364 g/mol. The highest BCUT2D eigenvalue weighted by molar-refractivity contribution is 5.98. The van der Waals surface area contributed by atoms with Crippen LogP contribution < -0.4 is 10.1 Å². The normalized spacial score (nSPS) is 16.7. The van der Waals surface area contributed by atoms with Crippen molar-refractivity contribution < 1.29 is 14.3 Å². The van der Waals surface area contributed by atoms with Crippen molar-refractivity contribution in [1.82, 2.24) is 14.9 Å². The molecule has 4 rings (SSSR count). The first-order chi connectivity index (χ1) is 13.1. The maximum absolute atomic E-state index is 12.6. The molecular weight excluding hydrogens is 344 g/mol. The fraction of sp³-hybridized carbons (Fsp3) is 0.250. The molecule has 7 nitrogen and oxygen atoms in total. The van der Waals surface area contributed by atoms with Crippen LogP contribution in [0.2, 0.25) is 0 Å². The molecule has 1 saturated heterocycles. The third-order valence-electron chi connectivity index (χ3n) is 4.81. The minimum Gasteiger partial charge on any atom is -0.497 e. The summed E-state index contributed by atoms with van der Waals surface area (Å²) in [5, 5.41) is 2.90. The van der Waals surface area contributed by atoms with E-state index in [-0.39, 0.29) is 24.2 Å². The number of nitrogens with zero attached hydrogens (tertiary/aromatic N) is 2. The van der Waals surface area contributed by atoms with Crippen molar-refractivity contribution in [3.05, 3.63) is 54.4 Å². The number of carbonyl (C=O) groups excluding carboxylic acids is 2. The highest BCUT2D eigenvalue weighted by Gasteiger charge is 2.34. The Hall–Kier alpha value is -3.35. The molecule has 3 aromatic rings. The smallest absolute Gasteiger partial charge is 0.229 e. The maximum Gasteiger partial charge on any atom is 0.229 e. The predicted octanol–water partition coefficient (Wildman–Crippen LogP) is 2.56. The van der Waals surface area contributed by atoms with Crippen molar-refractivity contribution in [2.24, 2.45) is 5.92 Å². The van der Waals surface area contributed by atoms with Crippen LogP contribution >= 0.6 is 0 Å². The van der Waals surface area contributed by atoms with Crippen LogP contribution in [0, 0.1) is 5.92 Å². The molecule has 0 spiro atoms. The number of imidazole rings is 1. The van der Waals surface area contributed by atoms with Gasteiger partial charge in [-0.2, -0.15) is 0 Å². The van der Waals surface area contributed by atoms with Crippen molar-refractivity contribution in [3.8, 4) is 5.75 Å². The summed E-state index contributed by atoms with van der Waals surface area (Å²) in [6.07, 6.45) is 1.84. The van der Waals surface area contributed by atoms with Crippen molar-refractivity contribution in [1.29, 1.82) is 0 Å². The number of hydrogen-bond acceptors (Lipinski definition) is 4. The summed E-state index contributed by atoms with van der Waals surface area (Å²) >= 11 is 0. The van der Waals surface area contributed by atoms with Crippen LogP contribution in [0.3, 0.4) is 0 Å². The SMILES string of the molecule is COc1ccc(CN2CC(C(=O)Nc3ccc4nc[nH]c4c3)CC2=O)cc1. The van der Waals surface area contributed by atoms with Crippen LogP contribution in [0.1, 0.15) is 12.0 Å². The largest absolute Gasteiger partial charge is 0.497 e. The van der Waals surface area contributed by atoms with E-state index < -0.39 is 0 Å². The number of aromatic amines is 1. The van der Waals surface area contributed by atoms with Crippen molar-refractivity contribution >= 4 is 28.5 Å². The van der Waals surface area contributed by atoms with Gasteiger partial charge in [0.15, 0.2) is 0 Å². The summed E-state index contributed by atoms with van der Waals surface area (Å²) in [6.45, 7) is 0.912. The van der Waals surface area contributed by atoms with Gasteiger partial charge in [0.05, 0.1) is 30.4 Å². The molecule has 1 aliphatic heterocycles. The minimum absolute atomic E-state index is 0.00464. The van der Waals surface area contributed by atoms with E-state index in [9.17, 15) is 9.59 Å². The number of amides is 2. The molecule has 1 aromatic heterocycles. The lowest BCUT2D eigenvalue weighted by Crippen LogP contribution is -2.28. The number of hydrogen-bond donors (Lipinski definition) is 2. The Morgan fingerprint density at radius 2 is 2.11 bits per heavy atom. The topological polar surface area (TPSA) is 87.3 Å². The van der Waals surface area contributed by atoms with Crippen molar-refractivity contribution in [2.45, 2.75) is 13.0 Å². The van der Waals surface area contributed by atoms with Gasteiger partial charge < -0.3 is 19.9 Å². The Morgan fingerprint density at radius 1 is 1.30 bits per heavy atom. The highest BCUT2D eigenvalue weighted by Crippen LogP contribution is 2.23. The molecule has 1 fully saturated rings. The highest BCUT2D eigenvalue weighted by atomic mass is 16.5. The number of carbonyl (C=O) groups is 2. The lowest BCUT2D eigenvalue weighted by atomic mass is 10.1. The number of methoxy groups -OCH3 is 1. The Balaban J connectivity index is 1.39. The first kappa shape index (κ1) is 17.1. The van der Waals surface area contributed by atoms with Crippen LogP contribution in [-0.2, 0) is 16.1 Å². The van der Waals surface area contributed by atoms with Gasteiger partial charge in [0.2, 0.25) is 11.8 Å². The Kier molecular flexibility index (Phi) is 4.50. The van der Waals surface area contributed by atoms with Crippen molar-refractivity contribution in [3.63, 3.8) is 0 Å². The van der Waals surface area contributed by atoms with E-state index >= 15 is 0 Å². The monoisotopic (exact) mass is 364 g/mol. The number of fused-ring (bicyclic) bond motifs is 1. The molecule has 0 aliphatic carbocycles. The summed E-state index contributed by atoms with van der Waals surface area (Å²) < 4.78 is 5.15. The zero-order valence-electron chi connectivity index (χ0n) is 14.9. The van der Waals surface area contributed by atoms with E-state index in [1.807, 2.05) is 42.5 Å². The van der Waals surface area contributed by atoms with Gasteiger partial charge in [0.1, 0.15) is 5.75 Å². The zero-order chi connectivity index (χ0) is 18.8. The standard InChI is InChI=1S/C20H20N4O3/c1-27-16-5-2-13(3-6-16)10-24-11-14(8-19(24)25)20(26)23-15-4-7-17-18(9-15)22-12-21-17/h2-7,9,12,14H,8,10-11H2,1H3,(H,21,22)(H,23,26). The van der Waals surface area contributed by atoms with E-state index in [0.717, 1.165) is 22.3 Å². The number of H-pyrrole nitrogens is 1. The van der Waals surface area contributed by atoms with Gasteiger partial charge in [-0.05, 0) is 35.9 Å². The molecule has 7 heteroatoms. The first-order valence-electron chi connectivity index (χ1n) is 8.77. The van der Waals surface area contributed by atoms with Gasteiger partial charge in [-0.25, -0.2) is 4.98 Å². The van der Waals surface area contributed by atoms with Crippen LogP contribution in [0.5, 0.6) is 5.75 Å². The molecule has 1 atom stereocenters. The molecule has 0 radical (unpaired) electrons. The molecule has 138 valence electrons. The fourth-order valence-electron chi connectivity index (χ4n) is 3.31. The number of benzene rings is 2. The summed E-state index contributed by atoms with van der Waals surface area (Å²) in [5.74, 6) is 0.278. The van der Waals surface area contributed by atoms with Gasteiger partial charge in [0.25, 0.3) is 0 Å². The van der Waals surface area contributed by atoms with Gasteiger partial charge in [0, 0.05) is 25.2 Å².